The average molecular weight is 180 g/mol. The molecule has 2 nitrogen and oxygen atoms in total. The van der Waals surface area contributed by atoms with Crippen molar-refractivity contribution < 1.29 is 4.39 Å². The maximum absolute atomic E-state index is 12.7. The molecule has 1 heterocycles. The smallest absolute Gasteiger partial charge is 0.125 e. The molecule has 0 radical (unpaired) electrons. The molecule has 0 spiro atoms. The molecule has 3 heteroatoms. The Labute approximate surface area is 77.0 Å². The summed E-state index contributed by atoms with van der Waals surface area (Å²) in [6, 6.07) is 4.63. The number of nitrogens with zero attached hydrogens (tertiary/aromatic N) is 2. The maximum Gasteiger partial charge on any atom is 0.125 e. The van der Waals surface area contributed by atoms with E-state index in [1.165, 1.54) is 12.1 Å². The second-order valence-corrected chi connectivity index (χ2v) is 2.47. The van der Waals surface area contributed by atoms with Crippen LogP contribution in [0, 0.1) is 5.82 Å². The van der Waals surface area contributed by atoms with Gasteiger partial charge in [0.15, 0.2) is 0 Å². The zero-order valence-corrected chi connectivity index (χ0v) is 8.08. The normalized spacial score (nSPS) is 9.54. The van der Waals surface area contributed by atoms with Crippen molar-refractivity contribution in [3.63, 3.8) is 0 Å². The number of halogens is 1. The highest BCUT2D eigenvalue weighted by molar-refractivity contribution is 5.78. The number of aromatic nitrogens is 2. The Kier molecular flexibility index (Phi) is 3.01. The van der Waals surface area contributed by atoms with Gasteiger partial charge in [-0.1, -0.05) is 13.8 Å². The molecule has 0 aliphatic carbocycles. The first-order valence-corrected chi connectivity index (χ1v) is 4.34. The third-order valence-corrected chi connectivity index (χ3v) is 1.71. The first-order chi connectivity index (χ1) is 6.27. The number of fused-ring (bicyclic) bond motifs is 1. The van der Waals surface area contributed by atoms with Crippen molar-refractivity contribution in [1.82, 2.24) is 9.78 Å². The van der Waals surface area contributed by atoms with Crippen LogP contribution in [0.3, 0.4) is 0 Å². The van der Waals surface area contributed by atoms with Gasteiger partial charge in [-0.25, -0.2) is 4.39 Å². The van der Waals surface area contributed by atoms with Crippen LogP contribution < -0.4 is 0 Å². The van der Waals surface area contributed by atoms with Crippen molar-refractivity contribution in [2.75, 3.05) is 0 Å². The third-order valence-electron chi connectivity index (χ3n) is 1.71. The van der Waals surface area contributed by atoms with E-state index < -0.39 is 0 Å². The molecule has 0 N–H and O–H groups in total. The summed E-state index contributed by atoms with van der Waals surface area (Å²) in [5.41, 5.74) is 0.824. The highest BCUT2D eigenvalue weighted by Gasteiger charge is 1.98. The predicted molar refractivity (Wildman–Crippen MR) is 52.0 cm³/mol. The van der Waals surface area contributed by atoms with Crippen LogP contribution in [0.5, 0.6) is 0 Å². The number of hydrogen-bond donors (Lipinski definition) is 0. The van der Waals surface area contributed by atoms with E-state index in [2.05, 4.69) is 5.10 Å². The van der Waals surface area contributed by atoms with E-state index >= 15 is 0 Å². The summed E-state index contributed by atoms with van der Waals surface area (Å²) in [5.74, 6) is -0.221. The standard InChI is InChI=1S/C8H7FN2.C2H6/c1-11-8-4-7(9)3-2-6(8)5-10-11;1-2/h2-5H,1H3;1-2H3. The lowest BCUT2D eigenvalue weighted by molar-refractivity contribution is 0.628. The molecule has 0 aliphatic rings. The Morgan fingerprint density at radius 1 is 1.31 bits per heavy atom. The van der Waals surface area contributed by atoms with Crippen molar-refractivity contribution in [3.8, 4) is 0 Å². The topological polar surface area (TPSA) is 17.8 Å². The molecule has 0 saturated carbocycles. The van der Waals surface area contributed by atoms with E-state index in [0.29, 0.717) is 0 Å². The number of rotatable bonds is 0. The van der Waals surface area contributed by atoms with E-state index in [-0.39, 0.29) is 5.82 Å². The van der Waals surface area contributed by atoms with Gasteiger partial charge in [0.05, 0.1) is 11.7 Å². The fourth-order valence-corrected chi connectivity index (χ4v) is 1.12. The Bertz CT molecular complexity index is 393. The van der Waals surface area contributed by atoms with Crippen molar-refractivity contribution in [1.29, 1.82) is 0 Å². The second-order valence-electron chi connectivity index (χ2n) is 2.47. The lowest BCUT2D eigenvalue weighted by Crippen LogP contribution is -1.88. The van der Waals surface area contributed by atoms with Gasteiger partial charge in [0.2, 0.25) is 0 Å². The Morgan fingerprint density at radius 3 is 2.69 bits per heavy atom. The number of benzene rings is 1. The quantitative estimate of drug-likeness (QED) is 0.609. The molecule has 2 aromatic rings. The van der Waals surface area contributed by atoms with Crippen LogP contribution in [-0.2, 0) is 7.05 Å². The largest absolute Gasteiger partial charge is 0.268 e. The van der Waals surface area contributed by atoms with Gasteiger partial charge in [0.1, 0.15) is 5.82 Å². The molecular formula is C10H13FN2. The van der Waals surface area contributed by atoms with Crippen molar-refractivity contribution in [3.05, 3.63) is 30.2 Å². The summed E-state index contributed by atoms with van der Waals surface area (Å²) in [6.45, 7) is 4.00. The highest BCUT2D eigenvalue weighted by atomic mass is 19.1. The second kappa shape index (κ2) is 4.03. The average Bonchev–Trinajstić information content (AvgIpc) is 2.52. The first kappa shape index (κ1) is 9.71. The SMILES string of the molecule is CC.Cn1ncc2ccc(F)cc21. The van der Waals surface area contributed by atoms with E-state index in [4.69, 9.17) is 0 Å². The van der Waals surface area contributed by atoms with Crippen LogP contribution in [0.1, 0.15) is 13.8 Å². The van der Waals surface area contributed by atoms with Gasteiger partial charge in [0, 0.05) is 12.4 Å². The van der Waals surface area contributed by atoms with Gasteiger partial charge < -0.3 is 0 Å². The molecule has 0 bridgehead atoms. The molecule has 0 fully saturated rings. The lowest BCUT2D eigenvalue weighted by atomic mass is 10.2. The third kappa shape index (κ3) is 1.86. The summed E-state index contributed by atoms with van der Waals surface area (Å²) < 4.78 is 14.3. The first-order valence-electron chi connectivity index (χ1n) is 4.34. The molecule has 0 unspecified atom stereocenters. The van der Waals surface area contributed by atoms with Crippen molar-refractivity contribution in [2.24, 2.45) is 7.05 Å². The molecule has 0 saturated heterocycles. The van der Waals surface area contributed by atoms with Crippen LogP contribution in [0.4, 0.5) is 4.39 Å². The van der Waals surface area contributed by atoms with Gasteiger partial charge in [-0.05, 0) is 18.2 Å². The van der Waals surface area contributed by atoms with E-state index in [1.807, 2.05) is 13.8 Å². The van der Waals surface area contributed by atoms with E-state index in [9.17, 15) is 4.39 Å². The Morgan fingerprint density at radius 2 is 2.00 bits per heavy atom. The van der Waals surface area contributed by atoms with Crippen molar-refractivity contribution in [2.45, 2.75) is 13.8 Å². The molecule has 1 aromatic heterocycles. The highest BCUT2D eigenvalue weighted by Crippen LogP contribution is 2.13. The van der Waals surface area contributed by atoms with Crippen LogP contribution in [0.25, 0.3) is 10.9 Å². The minimum atomic E-state index is -0.221. The minimum Gasteiger partial charge on any atom is -0.268 e. The summed E-state index contributed by atoms with van der Waals surface area (Å²) in [5, 5.41) is 4.95. The zero-order chi connectivity index (χ0) is 9.84. The Hall–Kier alpha value is -1.38. The number of aryl methyl sites for hydroxylation is 1. The maximum atomic E-state index is 12.7. The van der Waals surface area contributed by atoms with Gasteiger partial charge in [-0.3, -0.25) is 4.68 Å². The fourth-order valence-electron chi connectivity index (χ4n) is 1.12. The van der Waals surface area contributed by atoms with E-state index in [1.54, 1.807) is 24.0 Å². The molecule has 0 amide bonds. The van der Waals surface area contributed by atoms with Gasteiger partial charge in [-0.2, -0.15) is 5.10 Å². The van der Waals surface area contributed by atoms with E-state index in [0.717, 1.165) is 10.9 Å². The number of hydrogen-bond acceptors (Lipinski definition) is 1. The molecule has 0 aliphatic heterocycles. The lowest BCUT2D eigenvalue weighted by Gasteiger charge is -1.92. The van der Waals surface area contributed by atoms with Gasteiger partial charge >= 0.3 is 0 Å². The predicted octanol–water partition coefficient (Wildman–Crippen LogP) is 2.74. The molecule has 0 atom stereocenters. The fraction of sp³-hybridized carbons (Fsp3) is 0.300. The Balaban J connectivity index is 0.000000396. The van der Waals surface area contributed by atoms with Crippen LogP contribution in [-0.4, -0.2) is 9.78 Å². The summed E-state index contributed by atoms with van der Waals surface area (Å²) in [4.78, 5) is 0. The van der Waals surface area contributed by atoms with Gasteiger partial charge in [-0.15, -0.1) is 0 Å². The molecule has 2 rings (SSSR count). The monoisotopic (exact) mass is 180 g/mol. The van der Waals surface area contributed by atoms with Gasteiger partial charge in [0.25, 0.3) is 0 Å². The van der Waals surface area contributed by atoms with Crippen LogP contribution in [0.15, 0.2) is 24.4 Å². The molecule has 70 valence electrons. The molecule has 13 heavy (non-hydrogen) atoms. The summed E-state index contributed by atoms with van der Waals surface area (Å²) in [6.07, 6.45) is 1.72. The summed E-state index contributed by atoms with van der Waals surface area (Å²) >= 11 is 0. The molecular weight excluding hydrogens is 167 g/mol. The molecule has 1 aromatic carbocycles. The van der Waals surface area contributed by atoms with Crippen molar-refractivity contribution >= 4 is 10.9 Å². The van der Waals surface area contributed by atoms with Crippen LogP contribution >= 0.6 is 0 Å². The van der Waals surface area contributed by atoms with Crippen LogP contribution in [0.2, 0.25) is 0 Å². The zero-order valence-electron chi connectivity index (χ0n) is 8.08. The minimum absolute atomic E-state index is 0.221. The summed E-state index contributed by atoms with van der Waals surface area (Å²) in [7, 11) is 1.79.